The Labute approximate surface area is 121 Å². The Morgan fingerprint density at radius 2 is 2.00 bits per heavy atom. The zero-order valence-electron chi connectivity index (χ0n) is 11.8. The zero-order chi connectivity index (χ0) is 13.7. The zero-order valence-corrected chi connectivity index (χ0v) is 12.7. The lowest BCUT2D eigenvalue weighted by molar-refractivity contribution is -0.147. The van der Waals surface area contributed by atoms with E-state index in [0.717, 1.165) is 19.3 Å². The van der Waals surface area contributed by atoms with Crippen LogP contribution in [0.4, 0.5) is 0 Å². The average molecular weight is 293 g/mol. The van der Waals surface area contributed by atoms with Gasteiger partial charge in [0, 0.05) is 5.92 Å². The molecule has 0 aromatic carbocycles. The predicted molar refractivity (Wildman–Crippen MR) is 75.9 cm³/mol. The topological polar surface area (TPSA) is 81.4 Å². The smallest absolute Gasteiger partial charge is 0.328 e. The maximum Gasteiger partial charge on any atom is 0.328 e. The van der Waals surface area contributed by atoms with Crippen LogP contribution < -0.4 is 11.1 Å². The van der Waals surface area contributed by atoms with Crippen LogP contribution in [0.2, 0.25) is 0 Å². The second-order valence-electron chi connectivity index (χ2n) is 5.29. The molecule has 1 fully saturated rings. The van der Waals surface area contributed by atoms with Crippen LogP contribution in [0, 0.1) is 17.8 Å². The third kappa shape index (κ3) is 4.66. The third-order valence-corrected chi connectivity index (χ3v) is 3.72. The minimum absolute atomic E-state index is 0. The molecular weight excluding hydrogens is 268 g/mol. The van der Waals surface area contributed by atoms with E-state index in [1.54, 1.807) is 0 Å². The quantitative estimate of drug-likeness (QED) is 0.744. The molecule has 112 valence electrons. The molecule has 0 saturated heterocycles. The van der Waals surface area contributed by atoms with E-state index in [1.165, 1.54) is 7.11 Å². The number of nitrogens with one attached hydrogen (secondary N) is 1. The first-order valence-electron chi connectivity index (χ1n) is 6.59. The largest absolute Gasteiger partial charge is 0.467 e. The summed E-state index contributed by atoms with van der Waals surface area (Å²) in [7, 11) is 1.34. The van der Waals surface area contributed by atoms with Crippen LogP contribution in [-0.2, 0) is 14.3 Å². The average Bonchev–Trinajstić information content (AvgIpc) is 2.82. The van der Waals surface area contributed by atoms with E-state index in [1.807, 2.05) is 13.8 Å². The van der Waals surface area contributed by atoms with Gasteiger partial charge in [0.2, 0.25) is 5.91 Å². The van der Waals surface area contributed by atoms with Crippen LogP contribution in [0.25, 0.3) is 0 Å². The summed E-state index contributed by atoms with van der Waals surface area (Å²) in [5.74, 6) is -0.247. The van der Waals surface area contributed by atoms with Gasteiger partial charge in [-0.3, -0.25) is 4.79 Å². The maximum absolute atomic E-state index is 12.2. The highest BCUT2D eigenvalue weighted by Gasteiger charge is 2.34. The van der Waals surface area contributed by atoms with E-state index in [0.29, 0.717) is 6.54 Å². The molecule has 5 nitrogen and oxygen atoms in total. The summed E-state index contributed by atoms with van der Waals surface area (Å²) >= 11 is 0. The molecule has 3 atom stereocenters. The number of carbonyl (C=O) groups excluding carboxylic acids is 2. The van der Waals surface area contributed by atoms with E-state index in [4.69, 9.17) is 10.5 Å². The number of ether oxygens (including phenoxy) is 1. The second-order valence-corrected chi connectivity index (χ2v) is 5.29. The van der Waals surface area contributed by atoms with Crippen molar-refractivity contribution in [1.82, 2.24) is 5.32 Å². The molecule has 19 heavy (non-hydrogen) atoms. The Bertz CT molecular complexity index is 310. The van der Waals surface area contributed by atoms with Crippen LogP contribution in [0.5, 0.6) is 0 Å². The Kier molecular flexibility index (Phi) is 8.02. The van der Waals surface area contributed by atoms with Crippen LogP contribution in [0.15, 0.2) is 0 Å². The first kappa shape index (κ1) is 18.2. The van der Waals surface area contributed by atoms with Gasteiger partial charge in [-0.15, -0.1) is 12.4 Å². The van der Waals surface area contributed by atoms with Gasteiger partial charge >= 0.3 is 5.97 Å². The number of carbonyl (C=O) groups is 2. The maximum atomic E-state index is 12.2. The number of hydrogen-bond donors (Lipinski definition) is 2. The molecule has 1 unspecified atom stereocenters. The summed E-state index contributed by atoms with van der Waals surface area (Å²) in [6.45, 7) is 4.30. The molecule has 6 heteroatoms. The minimum Gasteiger partial charge on any atom is -0.467 e. The molecule has 0 aliphatic heterocycles. The van der Waals surface area contributed by atoms with Gasteiger partial charge in [-0.05, 0) is 31.2 Å². The molecule has 1 aliphatic rings. The Morgan fingerprint density at radius 3 is 2.47 bits per heavy atom. The highest BCUT2D eigenvalue weighted by atomic mass is 35.5. The van der Waals surface area contributed by atoms with Gasteiger partial charge in [0.15, 0.2) is 0 Å². The number of amides is 1. The fraction of sp³-hybridized carbons (Fsp3) is 0.846. The number of methoxy groups -OCH3 is 1. The number of hydrogen-bond acceptors (Lipinski definition) is 4. The third-order valence-electron chi connectivity index (χ3n) is 3.72. The molecule has 1 amide bonds. The SMILES string of the molecule is COC(=O)C(NC(=O)[C@@H]1CCC[C@@H]1CN)C(C)C.Cl. The lowest BCUT2D eigenvalue weighted by Gasteiger charge is -2.24. The van der Waals surface area contributed by atoms with E-state index < -0.39 is 6.04 Å². The fourth-order valence-corrected chi connectivity index (χ4v) is 2.55. The summed E-state index contributed by atoms with van der Waals surface area (Å²) in [4.78, 5) is 23.8. The van der Waals surface area contributed by atoms with Gasteiger partial charge in [0.25, 0.3) is 0 Å². The standard InChI is InChI=1S/C13H24N2O3.ClH/c1-8(2)11(13(17)18-3)15-12(16)10-6-4-5-9(10)7-14;/h8-11H,4-7,14H2,1-3H3,(H,15,16);1H/t9-,10-,11?;/m1./s1. The summed E-state index contributed by atoms with van der Waals surface area (Å²) < 4.78 is 4.71. The molecule has 0 aromatic heterocycles. The van der Waals surface area contributed by atoms with Gasteiger partial charge in [0.05, 0.1) is 7.11 Å². The lowest BCUT2D eigenvalue weighted by atomic mass is 9.94. The van der Waals surface area contributed by atoms with Crippen molar-refractivity contribution < 1.29 is 14.3 Å². The Hall–Kier alpha value is -0.810. The van der Waals surface area contributed by atoms with Gasteiger partial charge < -0.3 is 15.8 Å². The summed E-state index contributed by atoms with van der Waals surface area (Å²) in [5.41, 5.74) is 5.67. The van der Waals surface area contributed by atoms with Crippen molar-refractivity contribution in [3.8, 4) is 0 Å². The summed E-state index contributed by atoms with van der Waals surface area (Å²) in [5, 5.41) is 2.80. The monoisotopic (exact) mass is 292 g/mol. The van der Waals surface area contributed by atoms with Crippen molar-refractivity contribution in [3.05, 3.63) is 0 Å². The van der Waals surface area contributed by atoms with Crippen molar-refractivity contribution in [2.24, 2.45) is 23.5 Å². The predicted octanol–water partition coefficient (Wildman–Crippen LogP) is 1.10. The minimum atomic E-state index is -0.568. The van der Waals surface area contributed by atoms with Gasteiger partial charge in [-0.1, -0.05) is 20.3 Å². The normalized spacial score (nSPS) is 23.6. The Morgan fingerprint density at radius 1 is 1.37 bits per heavy atom. The Balaban J connectivity index is 0.00000324. The van der Waals surface area contributed by atoms with Crippen molar-refractivity contribution in [1.29, 1.82) is 0 Å². The number of rotatable bonds is 5. The van der Waals surface area contributed by atoms with E-state index in [2.05, 4.69) is 5.32 Å². The van der Waals surface area contributed by atoms with E-state index in [9.17, 15) is 9.59 Å². The molecule has 1 aliphatic carbocycles. The number of nitrogens with two attached hydrogens (primary N) is 1. The van der Waals surface area contributed by atoms with Crippen molar-refractivity contribution in [2.45, 2.75) is 39.2 Å². The first-order chi connectivity index (χ1) is 8.51. The van der Waals surface area contributed by atoms with E-state index in [-0.39, 0.29) is 42.0 Å². The van der Waals surface area contributed by atoms with Crippen molar-refractivity contribution in [3.63, 3.8) is 0 Å². The highest BCUT2D eigenvalue weighted by molar-refractivity contribution is 5.86. The van der Waals surface area contributed by atoms with E-state index >= 15 is 0 Å². The van der Waals surface area contributed by atoms with Gasteiger partial charge in [0.1, 0.15) is 6.04 Å². The number of halogens is 1. The first-order valence-corrected chi connectivity index (χ1v) is 6.59. The van der Waals surface area contributed by atoms with Crippen molar-refractivity contribution >= 4 is 24.3 Å². The second kappa shape index (κ2) is 8.38. The number of esters is 1. The van der Waals surface area contributed by atoms with Crippen LogP contribution >= 0.6 is 12.4 Å². The highest BCUT2D eigenvalue weighted by Crippen LogP contribution is 2.31. The van der Waals surface area contributed by atoms with Crippen LogP contribution in [0.1, 0.15) is 33.1 Å². The molecule has 0 radical (unpaired) electrons. The molecule has 0 heterocycles. The molecule has 1 rings (SSSR count). The van der Waals surface area contributed by atoms with Gasteiger partial charge in [-0.2, -0.15) is 0 Å². The summed E-state index contributed by atoms with van der Waals surface area (Å²) in [6, 6.07) is -0.568. The summed E-state index contributed by atoms with van der Waals surface area (Å²) in [6.07, 6.45) is 2.89. The molecular formula is C13H25ClN2O3. The molecule has 3 N–H and O–H groups in total. The van der Waals surface area contributed by atoms with Gasteiger partial charge in [-0.25, -0.2) is 4.79 Å². The molecule has 0 aromatic rings. The molecule has 1 saturated carbocycles. The van der Waals surface area contributed by atoms with Crippen molar-refractivity contribution in [2.75, 3.05) is 13.7 Å². The van der Waals surface area contributed by atoms with Crippen LogP contribution in [-0.4, -0.2) is 31.6 Å². The molecule has 0 bridgehead atoms. The molecule has 0 spiro atoms. The fourth-order valence-electron chi connectivity index (χ4n) is 2.55. The van der Waals surface area contributed by atoms with Crippen LogP contribution in [0.3, 0.4) is 0 Å². The lowest BCUT2D eigenvalue weighted by Crippen LogP contribution is -2.48.